The minimum absolute atomic E-state index is 0.553. The van der Waals surface area contributed by atoms with Crippen LogP contribution in [0, 0.1) is 5.92 Å². The molecule has 3 heteroatoms. The molecule has 0 radical (unpaired) electrons. The standard InChI is InChI=1S/C14H27NO2/c1-2-15-14(12-8-10-16-11-12)7-3-5-13-6-4-9-17-13/h12-15H,2-11H2,1H3. The lowest BCUT2D eigenvalue weighted by Crippen LogP contribution is -2.36. The number of nitrogens with one attached hydrogen (secondary N) is 1. The molecule has 2 fully saturated rings. The van der Waals surface area contributed by atoms with E-state index in [4.69, 9.17) is 9.47 Å². The van der Waals surface area contributed by atoms with Crippen molar-refractivity contribution in [3.05, 3.63) is 0 Å². The van der Waals surface area contributed by atoms with Gasteiger partial charge < -0.3 is 14.8 Å². The van der Waals surface area contributed by atoms with Crippen molar-refractivity contribution in [2.24, 2.45) is 5.92 Å². The minimum Gasteiger partial charge on any atom is -0.381 e. The van der Waals surface area contributed by atoms with Crippen LogP contribution in [-0.4, -0.2) is 38.5 Å². The van der Waals surface area contributed by atoms with E-state index < -0.39 is 0 Å². The predicted molar refractivity (Wildman–Crippen MR) is 69.2 cm³/mol. The maximum Gasteiger partial charge on any atom is 0.0576 e. The third-order valence-electron chi connectivity index (χ3n) is 4.07. The van der Waals surface area contributed by atoms with E-state index in [2.05, 4.69) is 12.2 Å². The van der Waals surface area contributed by atoms with Crippen LogP contribution in [0.15, 0.2) is 0 Å². The molecule has 2 rings (SSSR count). The second kappa shape index (κ2) is 7.34. The van der Waals surface area contributed by atoms with Gasteiger partial charge in [-0.25, -0.2) is 0 Å². The van der Waals surface area contributed by atoms with Crippen LogP contribution in [0.2, 0.25) is 0 Å². The largest absolute Gasteiger partial charge is 0.381 e. The average molecular weight is 241 g/mol. The maximum absolute atomic E-state index is 5.68. The van der Waals surface area contributed by atoms with E-state index in [1.165, 1.54) is 38.5 Å². The van der Waals surface area contributed by atoms with E-state index in [1.54, 1.807) is 0 Å². The molecule has 3 unspecified atom stereocenters. The van der Waals surface area contributed by atoms with Crippen LogP contribution in [0.3, 0.4) is 0 Å². The molecule has 3 atom stereocenters. The Morgan fingerprint density at radius 3 is 2.88 bits per heavy atom. The summed E-state index contributed by atoms with van der Waals surface area (Å²) in [6.07, 6.45) is 8.14. The summed E-state index contributed by atoms with van der Waals surface area (Å²) in [5.74, 6) is 0.736. The summed E-state index contributed by atoms with van der Waals surface area (Å²) in [4.78, 5) is 0. The Kier molecular flexibility index (Phi) is 5.75. The Hall–Kier alpha value is -0.120. The topological polar surface area (TPSA) is 30.5 Å². The maximum atomic E-state index is 5.68. The molecular weight excluding hydrogens is 214 g/mol. The molecule has 0 bridgehead atoms. The summed E-state index contributed by atoms with van der Waals surface area (Å²) in [5, 5.41) is 3.63. The van der Waals surface area contributed by atoms with Crippen molar-refractivity contribution in [3.8, 4) is 0 Å². The SMILES string of the molecule is CCNC(CCCC1CCCO1)C1CCOC1. The van der Waals surface area contributed by atoms with E-state index in [1.807, 2.05) is 0 Å². The van der Waals surface area contributed by atoms with Gasteiger partial charge in [0, 0.05) is 19.3 Å². The van der Waals surface area contributed by atoms with Gasteiger partial charge in [0.25, 0.3) is 0 Å². The van der Waals surface area contributed by atoms with Crippen LogP contribution in [0.25, 0.3) is 0 Å². The van der Waals surface area contributed by atoms with E-state index in [-0.39, 0.29) is 0 Å². The first-order valence-corrected chi connectivity index (χ1v) is 7.33. The highest BCUT2D eigenvalue weighted by Crippen LogP contribution is 2.23. The molecule has 2 saturated heterocycles. The molecule has 2 aliphatic heterocycles. The van der Waals surface area contributed by atoms with Crippen molar-refractivity contribution >= 4 is 0 Å². The van der Waals surface area contributed by atoms with E-state index in [0.717, 1.165) is 32.3 Å². The van der Waals surface area contributed by atoms with Crippen molar-refractivity contribution in [1.29, 1.82) is 0 Å². The molecule has 2 heterocycles. The van der Waals surface area contributed by atoms with Crippen LogP contribution in [0.4, 0.5) is 0 Å². The molecule has 0 saturated carbocycles. The van der Waals surface area contributed by atoms with Gasteiger partial charge in [-0.1, -0.05) is 6.92 Å². The van der Waals surface area contributed by atoms with Gasteiger partial charge in [-0.3, -0.25) is 0 Å². The van der Waals surface area contributed by atoms with E-state index >= 15 is 0 Å². The summed E-state index contributed by atoms with van der Waals surface area (Å²) < 4.78 is 11.2. The van der Waals surface area contributed by atoms with Crippen LogP contribution < -0.4 is 5.32 Å². The molecular formula is C14H27NO2. The Labute approximate surface area is 105 Å². The van der Waals surface area contributed by atoms with Crippen LogP contribution in [0.5, 0.6) is 0 Å². The highest BCUT2D eigenvalue weighted by molar-refractivity contribution is 4.79. The summed E-state index contributed by atoms with van der Waals surface area (Å²) in [5.41, 5.74) is 0. The normalized spacial score (nSPS) is 30.9. The van der Waals surface area contributed by atoms with E-state index in [9.17, 15) is 0 Å². The van der Waals surface area contributed by atoms with Crippen LogP contribution in [-0.2, 0) is 9.47 Å². The zero-order valence-corrected chi connectivity index (χ0v) is 11.1. The zero-order valence-electron chi connectivity index (χ0n) is 11.1. The zero-order chi connectivity index (χ0) is 11.9. The Morgan fingerprint density at radius 1 is 1.29 bits per heavy atom. The quantitative estimate of drug-likeness (QED) is 0.742. The molecule has 0 amide bonds. The lowest BCUT2D eigenvalue weighted by atomic mass is 9.93. The van der Waals surface area contributed by atoms with Gasteiger partial charge in [-0.05, 0) is 51.0 Å². The number of hydrogen-bond acceptors (Lipinski definition) is 3. The van der Waals surface area contributed by atoms with E-state index in [0.29, 0.717) is 12.1 Å². The van der Waals surface area contributed by atoms with Crippen molar-refractivity contribution < 1.29 is 9.47 Å². The number of hydrogen-bond donors (Lipinski definition) is 1. The van der Waals surface area contributed by atoms with Gasteiger partial charge in [0.15, 0.2) is 0 Å². The fourth-order valence-electron chi connectivity index (χ4n) is 3.07. The molecule has 0 aromatic heterocycles. The van der Waals surface area contributed by atoms with Gasteiger partial charge in [0.2, 0.25) is 0 Å². The lowest BCUT2D eigenvalue weighted by Gasteiger charge is -2.23. The number of rotatable bonds is 7. The van der Waals surface area contributed by atoms with Crippen LogP contribution in [0.1, 0.15) is 45.4 Å². The molecule has 17 heavy (non-hydrogen) atoms. The molecule has 0 aromatic carbocycles. The molecule has 0 aromatic rings. The predicted octanol–water partition coefficient (Wildman–Crippen LogP) is 2.35. The monoisotopic (exact) mass is 241 g/mol. The van der Waals surface area contributed by atoms with Gasteiger partial charge in [0.05, 0.1) is 12.7 Å². The lowest BCUT2D eigenvalue weighted by molar-refractivity contribution is 0.100. The molecule has 1 N–H and O–H groups in total. The summed E-state index contributed by atoms with van der Waals surface area (Å²) >= 11 is 0. The van der Waals surface area contributed by atoms with Gasteiger partial charge in [-0.2, -0.15) is 0 Å². The molecule has 3 nitrogen and oxygen atoms in total. The first-order chi connectivity index (χ1) is 8.40. The fraction of sp³-hybridized carbons (Fsp3) is 1.00. The third-order valence-corrected chi connectivity index (χ3v) is 4.07. The molecule has 0 aliphatic carbocycles. The van der Waals surface area contributed by atoms with Crippen LogP contribution >= 0.6 is 0 Å². The molecule has 100 valence electrons. The fourth-order valence-corrected chi connectivity index (χ4v) is 3.07. The van der Waals surface area contributed by atoms with Crippen molar-refractivity contribution in [2.45, 2.75) is 57.6 Å². The smallest absolute Gasteiger partial charge is 0.0576 e. The van der Waals surface area contributed by atoms with Gasteiger partial charge >= 0.3 is 0 Å². The number of ether oxygens (including phenoxy) is 2. The minimum atomic E-state index is 0.553. The summed E-state index contributed by atoms with van der Waals surface area (Å²) in [6.45, 7) is 6.16. The van der Waals surface area contributed by atoms with Gasteiger partial charge in [0.1, 0.15) is 0 Å². The summed E-state index contributed by atoms with van der Waals surface area (Å²) in [6, 6.07) is 0.656. The summed E-state index contributed by atoms with van der Waals surface area (Å²) in [7, 11) is 0. The second-order valence-corrected chi connectivity index (χ2v) is 5.35. The van der Waals surface area contributed by atoms with Crippen molar-refractivity contribution in [2.75, 3.05) is 26.4 Å². The van der Waals surface area contributed by atoms with Gasteiger partial charge in [-0.15, -0.1) is 0 Å². The Balaban J connectivity index is 1.65. The highest BCUT2D eigenvalue weighted by Gasteiger charge is 2.25. The van der Waals surface area contributed by atoms with Crippen molar-refractivity contribution in [3.63, 3.8) is 0 Å². The molecule has 0 spiro atoms. The first-order valence-electron chi connectivity index (χ1n) is 7.33. The molecule has 2 aliphatic rings. The third kappa shape index (κ3) is 4.23. The highest BCUT2D eigenvalue weighted by atomic mass is 16.5. The van der Waals surface area contributed by atoms with Crippen molar-refractivity contribution in [1.82, 2.24) is 5.32 Å². The Morgan fingerprint density at radius 2 is 2.24 bits per heavy atom. The average Bonchev–Trinajstić information content (AvgIpc) is 3.01. The Bertz CT molecular complexity index is 198. The second-order valence-electron chi connectivity index (χ2n) is 5.35. The first kappa shape index (κ1) is 13.3.